The molecule has 22 heavy (non-hydrogen) atoms. The molecule has 0 aromatic carbocycles. The topological polar surface area (TPSA) is 0 Å². The van der Waals surface area contributed by atoms with Crippen molar-refractivity contribution in [3.8, 4) is 0 Å². The maximum absolute atomic E-state index is 2.52. The maximum atomic E-state index is 2.52. The first kappa shape index (κ1) is 20.0. The van der Waals surface area contributed by atoms with Crippen molar-refractivity contribution < 1.29 is 0 Å². The Balaban J connectivity index is 2.18. The van der Waals surface area contributed by atoms with Crippen molar-refractivity contribution in [1.29, 1.82) is 0 Å². The van der Waals surface area contributed by atoms with Crippen molar-refractivity contribution in [3.05, 3.63) is 0 Å². The van der Waals surface area contributed by atoms with Crippen LogP contribution in [-0.4, -0.2) is 0 Å². The zero-order valence-corrected chi connectivity index (χ0v) is 16.9. The second-order valence-corrected chi connectivity index (χ2v) is 9.36. The molecule has 1 fully saturated rings. The Morgan fingerprint density at radius 3 is 1.91 bits per heavy atom. The van der Waals surface area contributed by atoms with Crippen molar-refractivity contribution in [2.45, 2.75) is 100 Å². The van der Waals surface area contributed by atoms with E-state index in [1.54, 1.807) is 0 Å². The molecule has 6 unspecified atom stereocenters. The van der Waals surface area contributed by atoms with E-state index in [2.05, 4.69) is 55.4 Å². The van der Waals surface area contributed by atoms with E-state index < -0.39 is 0 Å². The highest BCUT2D eigenvalue weighted by molar-refractivity contribution is 5.05. The van der Waals surface area contributed by atoms with Crippen LogP contribution in [0.1, 0.15) is 100 Å². The van der Waals surface area contributed by atoms with Crippen molar-refractivity contribution in [1.82, 2.24) is 0 Å². The summed E-state index contributed by atoms with van der Waals surface area (Å²) in [5.41, 5.74) is 0.600. The van der Waals surface area contributed by atoms with Gasteiger partial charge in [-0.25, -0.2) is 0 Å². The summed E-state index contributed by atoms with van der Waals surface area (Å²) >= 11 is 0. The average Bonchev–Trinajstić information content (AvgIpc) is 2.95. The van der Waals surface area contributed by atoms with Crippen LogP contribution in [0.4, 0.5) is 0 Å². The van der Waals surface area contributed by atoms with Gasteiger partial charge in [0.2, 0.25) is 0 Å². The molecule has 0 aliphatic heterocycles. The molecule has 0 aromatic heterocycles. The lowest BCUT2D eigenvalue weighted by Gasteiger charge is -2.27. The van der Waals surface area contributed by atoms with Crippen LogP contribution in [0.5, 0.6) is 0 Å². The van der Waals surface area contributed by atoms with E-state index in [1.807, 2.05) is 0 Å². The molecule has 0 spiro atoms. The van der Waals surface area contributed by atoms with E-state index in [-0.39, 0.29) is 0 Å². The van der Waals surface area contributed by atoms with Crippen LogP contribution < -0.4 is 0 Å². The first-order valence-electron chi connectivity index (χ1n) is 10.2. The lowest BCUT2D eigenvalue weighted by Crippen LogP contribution is -2.20. The molecule has 6 atom stereocenters. The lowest BCUT2D eigenvalue weighted by molar-refractivity contribution is 0.218. The molecule has 0 nitrogen and oxygen atoms in total. The fourth-order valence-electron chi connectivity index (χ4n) is 4.95. The van der Waals surface area contributed by atoms with Gasteiger partial charge in [0.05, 0.1) is 0 Å². The van der Waals surface area contributed by atoms with Gasteiger partial charge < -0.3 is 0 Å². The number of hydrogen-bond donors (Lipinski definition) is 0. The van der Waals surface area contributed by atoms with Crippen LogP contribution >= 0.6 is 0 Å². The van der Waals surface area contributed by atoms with Gasteiger partial charge in [-0.1, -0.05) is 100 Å². The molecule has 0 aromatic rings. The Morgan fingerprint density at radius 2 is 1.41 bits per heavy atom. The van der Waals surface area contributed by atoms with E-state index in [0.29, 0.717) is 5.41 Å². The Bertz CT molecular complexity index is 303. The summed E-state index contributed by atoms with van der Waals surface area (Å²) in [6, 6.07) is 0. The predicted octanol–water partition coefficient (Wildman–Crippen LogP) is 7.57. The Labute approximate surface area is 141 Å². The number of hydrogen-bond acceptors (Lipinski definition) is 0. The lowest BCUT2D eigenvalue weighted by atomic mass is 9.78. The average molecular weight is 309 g/mol. The Morgan fingerprint density at radius 1 is 0.864 bits per heavy atom. The number of unbranched alkanes of at least 4 members (excludes halogenated alkanes) is 2. The van der Waals surface area contributed by atoms with Gasteiger partial charge >= 0.3 is 0 Å². The van der Waals surface area contributed by atoms with Gasteiger partial charge in [-0.3, -0.25) is 0 Å². The van der Waals surface area contributed by atoms with E-state index in [9.17, 15) is 0 Å². The monoisotopic (exact) mass is 308 g/mol. The SMILES string of the molecule is CCCC(C)CCCCCC(C)C(C)C(C)C1C(C)C1(C)C. The molecule has 0 N–H and O–H groups in total. The first-order valence-corrected chi connectivity index (χ1v) is 10.2. The molecule has 0 heteroatoms. The highest BCUT2D eigenvalue weighted by Gasteiger charge is 2.57. The van der Waals surface area contributed by atoms with Crippen LogP contribution in [0.2, 0.25) is 0 Å². The van der Waals surface area contributed by atoms with Crippen molar-refractivity contribution in [3.63, 3.8) is 0 Å². The molecule has 1 aliphatic rings. The second kappa shape index (κ2) is 8.74. The summed E-state index contributed by atoms with van der Waals surface area (Å²) in [7, 11) is 0. The predicted molar refractivity (Wildman–Crippen MR) is 101 cm³/mol. The van der Waals surface area contributed by atoms with Crippen molar-refractivity contribution in [2.75, 3.05) is 0 Å². The van der Waals surface area contributed by atoms with E-state index >= 15 is 0 Å². The van der Waals surface area contributed by atoms with Crippen LogP contribution in [-0.2, 0) is 0 Å². The summed E-state index contributed by atoms with van der Waals surface area (Å²) in [4.78, 5) is 0. The summed E-state index contributed by atoms with van der Waals surface area (Å²) in [5, 5.41) is 0. The molecule has 1 rings (SSSR count). The van der Waals surface area contributed by atoms with Crippen LogP contribution in [0.15, 0.2) is 0 Å². The first-order chi connectivity index (χ1) is 10.2. The smallest absolute Gasteiger partial charge is 0.0292 e. The van der Waals surface area contributed by atoms with Crippen LogP contribution in [0, 0.1) is 40.9 Å². The number of rotatable bonds is 11. The van der Waals surface area contributed by atoms with E-state index in [0.717, 1.165) is 35.5 Å². The summed E-state index contributed by atoms with van der Waals surface area (Å²) in [6.45, 7) is 19.7. The standard InChI is InChI=1S/C22H44/c1-9-13-16(2)14-11-10-12-15-17(3)18(4)19(5)21-20(6)22(21,7)8/h16-21H,9-15H2,1-8H3. The molecule has 0 saturated heterocycles. The molecule has 1 saturated carbocycles. The normalized spacial score (nSPS) is 28.9. The maximum Gasteiger partial charge on any atom is -0.0292 e. The zero-order chi connectivity index (χ0) is 16.9. The van der Waals surface area contributed by atoms with Gasteiger partial charge in [-0.2, -0.15) is 0 Å². The molecule has 1 aliphatic carbocycles. The van der Waals surface area contributed by atoms with Gasteiger partial charge in [0.15, 0.2) is 0 Å². The third-order valence-corrected chi connectivity index (χ3v) is 7.39. The molecule has 0 amide bonds. The highest BCUT2D eigenvalue weighted by Crippen LogP contribution is 2.63. The molecular formula is C22H44. The minimum Gasteiger partial charge on any atom is -0.0654 e. The zero-order valence-electron chi connectivity index (χ0n) is 16.9. The molecule has 0 radical (unpaired) electrons. The fraction of sp³-hybridized carbons (Fsp3) is 1.00. The Hall–Kier alpha value is 0. The third-order valence-electron chi connectivity index (χ3n) is 7.39. The Kier molecular flexibility index (Phi) is 7.96. The van der Waals surface area contributed by atoms with E-state index in [4.69, 9.17) is 0 Å². The van der Waals surface area contributed by atoms with Crippen molar-refractivity contribution >= 4 is 0 Å². The third kappa shape index (κ3) is 5.27. The van der Waals surface area contributed by atoms with Gasteiger partial charge in [0.1, 0.15) is 0 Å². The summed E-state index contributed by atoms with van der Waals surface area (Å²) < 4.78 is 0. The van der Waals surface area contributed by atoms with Crippen LogP contribution in [0.3, 0.4) is 0 Å². The molecular weight excluding hydrogens is 264 g/mol. The van der Waals surface area contributed by atoms with Crippen LogP contribution in [0.25, 0.3) is 0 Å². The molecule has 0 bridgehead atoms. The minimum atomic E-state index is 0.600. The van der Waals surface area contributed by atoms with Gasteiger partial charge in [-0.15, -0.1) is 0 Å². The van der Waals surface area contributed by atoms with Gasteiger partial charge in [0, 0.05) is 0 Å². The minimum absolute atomic E-state index is 0.600. The molecule has 0 heterocycles. The summed E-state index contributed by atoms with van der Waals surface area (Å²) in [6.07, 6.45) is 10.00. The fourth-order valence-corrected chi connectivity index (χ4v) is 4.95. The van der Waals surface area contributed by atoms with E-state index in [1.165, 1.54) is 44.9 Å². The quantitative estimate of drug-likeness (QED) is 0.345. The van der Waals surface area contributed by atoms with Gasteiger partial charge in [-0.05, 0) is 40.9 Å². The highest BCUT2D eigenvalue weighted by atomic mass is 14.6. The van der Waals surface area contributed by atoms with Gasteiger partial charge in [0.25, 0.3) is 0 Å². The molecule has 132 valence electrons. The largest absolute Gasteiger partial charge is 0.0654 e. The second-order valence-electron chi connectivity index (χ2n) is 9.36. The summed E-state index contributed by atoms with van der Waals surface area (Å²) in [5.74, 6) is 5.50. The van der Waals surface area contributed by atoms with Crippen molar-refractivity contribution in [2.24, 2.45) is 40.9 Å².